The predicted molar refractivity (Wildman–Crippen MR) is 82.4 cm³/mol. The maximum absolute atomic E-state index is 11.9. The molecule has 0 atom stereocenters. The lowest BCUT2D eigenvalue weighted by Crippen LogP contribution is -2.59. The zero-order chi connectivity index (χ0) is 14.9. The molecule has 2 N–H and O–H groups in total. The van der Waals surface area contributed by atoms with Crippen LogP contribution in [0.3, 0.4) is 0 Å². The van der Waals surface area contributed by atoms with Gasteiger partial charge in [-0.15, -0.1) is 0 Å². The summed E-state index contributed by atoms with van der Waals surface area (Å²) < 4.78 is 12.3. The molecule has 2 aliphatic heterocycles. The third-order valence-electron chi connectivity index (χ3n) is 3.85. The first-order valence-electron chi connectivity index (χ1n) is 7.11. The summed E-state index contributed by atoms with van der Waals surface area (Å²) in [4.78, 5) is 11.9. The van der Waals surface area contributed by atoms with Crippen LogP contribution in [-0.4, -0.2) is 37.8 Å². The van der Waals surface area contributed by atoms with Gasteiger partial charge in [0.15, 0.2) is 0 Å². The Hall–Kier alpha value is -1.11. The number of halogens is 1. The van der Waals surface area contributed by atoms with Gasteiger partial charge in [-0.2, -0.15) is 0 Å². The van der Waals surface area contributed by atoms with Gasteiger partial charge in [0.1, 0.15) is 12.4 Å². The van der Waals surface area contributed by atoms with Crippen molar-refractivity contribution >= 4 is 21.8 Å². The summed E-state index contributed by atoms with van der Waals surface area (Å²) >= 11 is 3.50. The van der Waals surface area contributed by atoms with Crippen LogP contribution in [0, 0.1) is 0 Å². The molecule has 6 heteroatoms. The van der Waals surface area contributed by atoms with Gasteiger partial charge in [0.05, 0.1) is 12.2 Å². The summed E-state index contributed by atoms with van der Waals surface area (Å²) in [5.74, 6) is 0.810. The quantitative estimate of drug-likeness (QED) is 0.838. The molecule has 2 heterocycles. The van der Waals surface area contributed by atoms with E-state index in [9.17, 15) is 4.79 Å². The van der Waals surface area contributed by atoms with E-state index >= 15 is 0 Å². The molecule has 1 saturated heterocycles. The Balaban J connectivity index is 1.54. The van der Waals surface area contributed by atoms with Crippen LogP contribution in [-0.2, 0) is 22.5 Å². The molecule has 1 aromatic carbocycles. The molecule has 114 valence electrons. The highest BCUT2D eigenvalue weighted by molar-refractivity contribution is 9.10. The van der Waals surface area contributed by atoms with Crippen LogP contribution in [0.1, 0.15) is 18.1 Å². The number of carbonyl (C=O) groups is 1. The molecule has 1 aromatic rings. The number of carbonyl (C=O) groups excluding carboxylic acids is 1. The summed E-state index contributed by atoms with van der Waals surface area (Å²) in [7, 11) is 0. The Kier molecular flexibility index (Phi) is 4.19. The zero-order valence-electron chi connectivity index (χ0n) is 12.0. The van der Waals surface area contributed by atoms with Crippen molar-refractivity contribution in [2.24, 2.45) is 0 Å². The van der Waals surface area contributed by atoms with Crippen LogP contribution in [0.2, 0.25) is 0 Å². The first-order chi connectivity index (χ1) is 10.1. The summed E-state index contributed by atoms with van der Waals surface area (Å²) in [5, 5.41) is 6.03. The molecular weight excluding hydrogens is 336 g/mol. The maximum Gasteiger partial charge on any atom is 0.246 e. The summed E-state index contributed by atoms with van der Waals surface area (Å²) in [6.07, 6.45) is 0.921. The minimum absolute atomic E-state index is 0.0925. The van der Waals surface area contributed by atoms with Crippen LogP contribution < -0.4 is 15.4 Å². The normalized spacial score (nSPS) is 18.6. The third kappa shape index (κ3) is 3.39. The maximum atomic E-state index is 11.9. The standard InChI is InChI=1S/C15H19BrN2O3/c1-15(8-17-9-15)21-7-13(19)18-6-11-5-12(16)4-10-2-3-20-14(10)11/h4-5,17H,2-3,6-9H2,1H3,(H,18,19). The minimum atomic E-state index is -0.197. The number of ether oxygens (including phenoxy) is 2. The van der Waals surface area contributed by atoms with Crippen LogP contribution >= 0.6 is 15.9 Å². The first-order valence-corrected chi connectivity index (χ1v) is 7.90. The highest BCUT2D eigenvalue weighted by atomic mass is 79.9. The minimum Gasteiger partial charge on any atom is -0.493 e. The number of fused-ring (bicyclic) bond motifs is 1. The molecule has 0 aromatic heterocycles. The lowest BCUT2D eigenvalue weighted by Gasteiger charge is -2.38. The molecule has 0 radical (unpaired) electrons. The zero-order valence-corrected chi connectivity index (χ0v) is 13.6. The van der Waals surface area contributed by atoms with Gasteiger partial charge in [-0.05, 0) is 24.6 Å². The fourth-order valence-electron chi connectivity index (χ4n) is 2.54. The number of hydrogen-bond acceptors (Lipinski definition) is 4. The van der Waals surface area contributed by atoms with E-state index < -0.39 is 0 Å². The molecule has 2 aliphatic rings. The van der Waals surface area contributed by atoms with Crippen LogP contribution in [0.15, 0.2) is 16.6 Å². The van der Waals surface area contributed by atoms with Crippen molar-refractivity contribution in [2.45, 2.75) is 25.5 Å². The predicted octanol–water partition coefficient (Wildman–Crippen LogP) is 1.38. The van der Waals surface area contributed by atoms with Gasteiger partial charge >= 0.3 is 0 Å². The van der Waals surface area contributed by atoms with Crippen molar-refractivity contribution in [3.63, 3.8) is 0 Å². The topological polar surface area (TPSA) is 59.6 Å². The molecule has 1 amide bonds. The third-order valence-corrected chi connectivity index (χ3v) is 4.31. The van der Waals surface area contributed by atoms with Crippen molar-refractivity contribution in [3.8, 4) is 5.75 Å². The number of nitrogens with one attached hydrogen (secondary N) is 2. The SMILES string of the molecule is CC1(OCC(=O)NCc2cc(Br)cc3c2OCC3)CNC1. The molecule has 0 saturated carbocycles. The second-order valence-corrected chi connectivity index (χ2v) is 6.69. The van der Waals surface area contributed by atoms with Gasteiger partial charge in [-0.3, -0.25) is 4.79 Å². The molecular formula is C15H19BrN2O3. The van der Waals surface area contributed by atoms with Crippen molar-refractivity contribution in [3.05, 3.63) is 27.7 Å². The Labute approximate surface area is 132 Å². The molecule has 0 bridgehead atoms. The van der Waals surface area contributed by atoms with Crippen LogP contribution in [0.5, 0.6) is 5.75 Å². The molecule has 3 rings (SSSR count). The molecule has 5 nitrogen and oxygen atoms in total. The van der Waals surface area contributed by atoms with E-state index in [0.29, 0.717) is 13.2 Å². The van der Waals surface area contributed by atoms with Gasteiger partial charge < -0.3 is 20.1 Å². The van der Waals surface area contributed by atoms with Gasteiger partial charge in [0.2, 0.25) is 5.91 Å². The van der Waals surface area contributed by atoms with Gasteiger partial charge in [0, 0.05) is 36.1 Å². The van der Waals surface area contributed by atoms with E-state index in [1.54, 1.807) is 0 Å². The molecule has 1 fully saturated rings. The van der Waals surface area contributed by atoms with Crippen LogP contribution in [0.4, 0.5) is 0 Å². The van der Waals surface area contributed by atoms with E-state index in [2.05, 4.69) is 32.6 Å². The van der Waals surface area contributed by atoms with Gasteiger partial charge in [-0.25, -0.2) is 0 Å². The van der Waals surface area contributed by atoms with E-state index in [0.717, 1.165) is 35.3 Å². The largest absolute Gasteiger partial charge is 0.493 e. The Morgan fingerprint density at radius 1 is 1.52 bits per heavy atom. The molecule has 0 aliphatic carbocycles. The number of benzene rings is 1. The Morgan fingerprint density at radius 3 is 3.05 bits per heavy atom. The highest BCUT2D eigenvalue weighted by Gasteiger charge is 2.33. The summed E-state index contributed by atoms with van der Waals surface area (Å²) in [5.41, 5.74) is 2.00. The van der Waals surface area contributed by atoms with Crippen molar-refractivity contribution in [1.82, 2.24) is 10.6 Å². The number of amides is 1. The highest BCUT2D eigenvalue weighted by Crippen LogP contribution is 2.32. The van der Waals surface area contributed by atoms with Crippen molar-refractivity contribution in [1.29, 1.82) is 0 Å². The van der Waals surface area contributed by atoms with Gasteiger partial charge in [0.25, 0.3) is 0 Å². The van der Waals surface area contributed by atoms with E-state index in [-0.39, 0.29) is 18.1 Å². The molecule has 0 spiro atoms. The van der Waals surface area contributed by atoms with E-state index in [4.69, 9.17) is 9.47 Å². The second-order valence-electron chi connectivity index (χ2n) is 5.77. The number of hydrogen-bond donors (Lipinski definition) is 2. The first kappa shape index (κ1) is 14.8. The van der Waals surface area contributed by atoms with Crippen molar-refractivity contribution < 1.29 is 14.3 Å². The van der Waals surface area contributed by atoms with Crippen LogP contribution in [0.25, 0.3) is 0 Å². The van der Waals surface area contributed by atoms with Crippen molar-refractivity contribution in [2.75, 3.05) is 26.3 Å². The monoisotopic (exact) mass is 354 g/mol. The Bertz CT molecular complexity index is 558. The summed E-state index contributed by atoms with van der Waals surface area (Å²) in [6.45, 7) is 4.86. The smallest absolute Gasteiger partial charge is 0.246 e. The lowest BCUT2D eigenvalue weighted by molar-refractivity contribution is -0.136. The second kappa shape index (κ2) is 5.94. The lowest BCUT2D eigenvalue weighted by atomic mass is 10.0. The molecule has 0 unspecified atom stereocenters. The summed E-state index contributed by atoms with van der Waals surface area (Å²) in [6, 6.07) is 4.06. The van der Waals surface area contributed by atoms with E-state index in [1.807, 2.05) is 13.0 Å². The molecule has 21 heavy (non-hydrogen) atoms. The fraction of sp³-hybridized carbons (Fsp3) is 0.533. The Morgan fingerprint density at radius 2 is 2.33 bits per heavy atom. The average molecular weight is 355 g/mol. The van der Waals surface area contributed by atoms with Gasteiger partial charge in [-0.1, -0.05) is 15.9 Å². The fourth-order valence-corrected chi connectivity index (χ4v) is 3.09. The number of rotatable bonds is 5. The van der Waals surface area contributed by atoms with E-state index in [1.165, 1.54) is 5.56 Å². The average Bonchev–Trinajstić information content (AvgIpc) is 2.88.